The van der Waals surface area contributed by atoms with Crippen molar-refractivity contribution in [2.45, 2.75) is 32.0 Å². The van der Waals surface area contributed by atoms with Gasteiger partial charge in [-0.3, -0.25) is 14.4 Å². The highest BCUT2D eigenvalue weighted by atomic mass is 35.5. The van der Waals surface area contributed by atoms with Gasteiger partial charge < -0.3 is 15.1 Å². The Morgan fingerprint density at radius 3 is 2.47 bits per heavy atom. The second-order valence-electron chi connectivity index (χ2n) is 8.53. The predicted molar refractivity (Wildman–Crippen MR) is 131 cm³/mol. The number of amides is 3. The number of benzene rings is 3. The van der Waals surface area contributed by atoms with E-state index in [-0.39, 0.29) is 24.3 Å². The second kappa shape index (κ2) is 9.31. The van der Waals surface area contributed by atoms with Gasteiger partial charge in [0.05, 0.1) is 17.8 Å². The first-order chi connectivity index (χ1) is 16.5. The molecule has 3 aromatic rings. The van der Waals surface area contributed by atoms with E-state index in [0.29, 0.717) is 46.9 Å². The number of carbonyl (C=O) groups excluding carboxylic acids is 3. The third-order valence-corrected chi connectivity index (χ3v) is 6.85. The maximum Gasteiger partial charge on any atom is 0.256 e. The molecule has 0 aromatic heterocycles. The quantitative estimate of drug-likeness (QED) is 0.596. The van der Waals surface area contributed by atoms with E-state index in [0.717, 1.165) is 12.0 Å². The number of anilines is 1. The molecule has 1 fully saturated rings. The van der Waals surface area contributed by atoms with Crippen molar-refractivity contribution in [2.75, 3.05) is 11.4 Å². The van der Waals surface area contributed by atoms with Crippen LogP contribution in [0.15, 0.2) is 72.8 Å². The number of hydrogen-bond donors (Lipinski definition) is 1. The van der Waals surface area contributed by atoms with Crippen LogP contribution in [0.3, 0.4) is 0 Å². The molecule has 0 saturated carbocycles. The lowest BCUT2D eigenvalue weighted by Gasteiger charge is -2.26. The van der Waals surface area contributed by atoms with E-state index < -0.39 is 6.04 Å². The van der Waals surface area contributed by atoms with Gasteiger partial charge in [0.25, 0.3) is 11.8 Å². The molecule has 34 heavy (non-hydrogen) atoms. The molecule has 172 valence electrons. The van der Waals surface area contributed by atoms with Gasteiger partial charge in [0.15, 0.2) is 0 Å². The van der Waals surface area contributed by atoms with E-state index in [1.807, 2.05) is 42.5 Å². The maximum absolute atomic E-state index is 13.6. The summed E-state index contributed by atoms with van der Waals surface area (Å²) in [7, 11) is 0. The summed E-state index contributed by atoms with van der Waals surface area (Å²) >= 11 is 6.22. The summed E-state index contributed by atoms with van der Waals surface area (Å²) in [4.78, 5) is 43.2. The monoisotopic (exact) mass is 473 g/mol. The van der Waals surface area contributed by atoms with Crippen molar-refractivity contribution in [2.24, 2.45) is 0 Å². The molecule has 2 aliphatic heterocycles. The van der Waals surface area contributed by atoms with Crippen molar-refractivity contribution in [3.63, 3.8) is 0 Å². The first-order valence-corrected chi connectivity index (χ1v) is 11.7. The molecule has 6 nitrogen and oxygen atoms in total. The molecule has 0 unspecified atom stereocenters. The lowest BCUT2D eigenvalue weighted by Crippen LogP contribution is -2.44. The summed E-state index contributed by atoms with van der Waals surface area (Å²) in [5, 5.41) is 3.52. The SMILES string of the molecule is O=C(NCc1ccccc1Cl)c1ccccc1CN1C(=O)[C@@H]2CCCN2C(=O)c2ccccc21. The molecule has 2 aliphatic rings. The third-order valence-electron chi connectivity index (χ3n) is 6.48. The molecule has 3 amide bonds. The summed E-state index contributed by atoms with van der Waals surface area (Å²) in [6, 6.07) is 21.3. The molecule has 0 spiro atoms. The van der Waals surface area contributed by atoms with Crippen LogP contribution in [-0.2, 0) is 17.9 Å². The number of nitrogens with one attached hydrogen (secondary N) is 1. The standard InChI is InChI=1S/C27H24ClN3O3/c28-22-12-5-2-8-18(22)16-29-25(32)20-10-3-1-9-19(20)17-31-23-13-6-4-11-21(23)26(33)30-15-7-14-24(30)27(31)34/h1-6,8-13,24H,7,14-17H2,(H,29,32)/t24-/m0/s1. The Labute approximate surface area is 203 Å². The number of halogens is 1. The summed E-state index contributed by atoms with van der Waals surface area (Å²) in [5.41, 5.74) is 3.12. The molecular weight excluding hydrogens is 450 g/mol. The topological polar surface area (TPSA) is 69.7 Å². The molecule has 2 heterocycles. The van der Waals surface area contributed by atoms with Crippen LogP contribution in [0, 0.1) is 0 Å². The molecule has 1 N–H and O–H groups in total. The van der Waals surface area contributed by atoms with Crippen LogP contribution in [0.4, 0.5) is 5.69 Å². The van der Waals surface area contributed by atoms with E-state index in [2.05, 4.69) is 5.32 Å². The number of fused-ring (bicyclic) bond motifs is 2. The van der Waals surface area contributed by atoms with Crippen LogP contribution >= 0.6 is 11.6 Å². The number of rotatable bonds is 5. The zero-order chi connectivity index (χ0) is 23.7. The average Bonchev–Trinajstić information content (AvgIpc) is 3.33. The van der Waals surface area contributed by atoms with Crippen molar-refractivity contribution in [1.29, 1.82) is 0 Å². The lowest BCUT2D eigenvalue weighted by atomic mass is 10.0. The molecule has 1 atom stereocenters. The first-order valence-electron chi connectivity index (χ1n) is 11.4. The zero-order valence-electron chi connectivity index (χ0n) is 18.5. The molecule has 5 rings (SSSR count). The normalized spacial score (nSPS) is 17.3. The minimum atomic E-state index is -0.471. The molecule has 1 saturated heterocycles. The van der Waals surface area contributed by atoms with Crippen molar-refractivity contribution in [3.8, 4) is 0 Å². The zero-order valence-corrected chi connectivity index (χ0v) is 19.3. The van der Waals surface area contributed by atoms with Gasteiger partial charge >= 0.3 is 0 Å². The van der Waals surface area contributed by atoms with Crippen LogP contribution in [0.5, 0.6) is 0 Å². The summed E-state index contributed by atoms with van der Waals surface area (Å²) in [5.74, 6) is -0.466. The highest BCUT2D eigenvalue weighted by Gasteiger charge is 2.42. The molecule has 0 aliphatic carbocycles. The van der Waals surface area contributed by atoms with Gasteiger partial charge in [-0.05, 0) is 48.2 Å². The smallest absolute Gasteiger partial charge is 0.256 e. The highest BCUT2D eigenvalue weighted by Crippen LogP contribution is 2.33. The van der Waals surface area contributed by atoms with E-state index in [1.54, 1.807) is 40.1 Å². The number of hydrogen-bond acceptors (Lipinski definition) is 3. The van der Waals surface area contributed by atoms with Gasteiger partial charge in [-0.1, -0.05) is 60.1 Å². The fourth-order valence-electron chi connectivity index (χ4n) is 4.74. The summed E-state index contributed by atoms with van der Waals surface area (Å²) in [6.45, 7) is 1.07. The Morgan fingerprint density at radius 2 is 1.65 bits per heavy atom. The van der Waals surface area contributed by atoms with Gasteiger partial charge in [0.1, 0.15) is 6.04 Å². The Balaban J connectivity index is 1.45. The first kappa shape index (κ1) is 22.2. The largest absolute Gasteiger partial charge is 0.348 e. The molecule has 3 aromatic carbocycles. The van der Waals surface area contributed by atoms with Crippen LogP contribution in [0.25, 0.3) is 0 Å². The number of para-hydroxylation sites is 1. The van der Waals surface area contributed by atoms with Gasteiger partial charge in [-0.15, -0.1) is 0 Å². The maximum atomic E-state index is 13.6. The highest BCUT2D eigenvalue weighted by molar-refractivity contribution is 6.31. The van der Waals surface area contributed by atoms with E-state index in [9.17, 15) is 14.4 Å². The molecule has 0 bridgehead atoms. The van der Waals surface area contributed by atoms with Crippen molar-refractivity contribution < 1.29 is 14.4 Å². The van der Waals surface area contributed by atoms with Crippen LogP contribution in [-0.4, -0.2) is 35.2 Å². The van der Waals surface area contributed by atoms with Crippen molar-refractivity contribution in [1.82, 2.24) is 10.2 Å². The lowest BCUT2D eigenvalue weighted by molar-refractivity contribution is -0.122. The fourth-order valence-corrected chi connectivity index (χ4v) is 4.94. The third kappa shape index (κ3) is 4.05. The minimum absolute atomic E-state index is 0.109. The van der Waals surface area contributed by atoms with Gasteiger partial charge in [-0.2, -0.15) is 0 Å². The van der Waals surface area contributed by atoms with Crippen molar-refractivity contribution in [3.05, 3.63) is 100 Å². The fraction of sp³-hybridized carbons (Fsp3) is 0.222. The molecule has 0 radical (unpaired) electrons. The molecular formula is C27H24ClN3O3. The van der Waals surface area contributed by atoms with Gasteiger partial charge in [0, 0.05) is 23.7 Å². The van der Waals surface area contributed by atoms with Crippen LogP contribution in [0.1, 0.15) is 44.7 Å². The number of nitrogens with zero attached hydrogens (tertiary/aromatic N) is 2. The summed E-state index contributed by atoms with van der Waals surface area (Å²) in [6.07, 6.45) is 1.45. The second-order valence-corrected chi connectivity index (χ2v) is 8.94. The van der Waals surface area contributed by atoms with Crippen LogP contribution < -0.4 is 10.2 Å². The van der Waals surface area contributed by atoms with E-state index in [1.165, 1.54) is 0 Å². The predicted octanol–water partition coefficient (Wildman–Crippen LogP) is 4.42. The number of carbonyl (C=O) groups is 3. The summed E-state index contributed by atoms with van der Waals surface area (Å²) < 4.78 is 0. The van der Waals surface area contributed by atoms with Crippen molar-refractivity contribution >= 4 is 35.0 Å². The Morgan fingerprint density at radius 1 is 0.941 bits per heavy atom. The van der Waals surface area contributed by atoms with Gasteiger partial charge in [-0.25, -0.2) is 0 Å². The van der Waals surface area contributed by atoms with Crippen LogP contribution in [0.2, 0.25) is 5.02 Å². The van der Waals surface area contributed by atoms with Gasteiger partial charge in [0.2, 0.25) is 5.91 Å². The van der Waals surface area contributed by atoms with E-state index >= 15 is 0 Å². The Hall–Kier alpha value is -3.64. The minimum Gasteiger partial charge on any atom is -0.348 e. The molecule has 7 heteroatoms. The average molecular weight is 474 g/mol. The Bertz CT molecular complexity index is 1280. The van der Waals surface area contributed by atoms with E-state index in [4.69, 9.17) is 11.6 Å². The Kier molecular flexibility index (Phi) is 6.07.